The quantitative estimate of drug-likeness (QED) is 0.717. The van der Waals surface area contributed by atoms with Crippen molar-refractivity contribution in [2.75, 3.05) is 0 Å². The van der Waals surface area contributed by atoms with Crippen LogP contribution in [0.1, 0.15) is 18.2 Å². The number of hydrogen-bond donors (Lipinski definition) is 1. The first-order valence-electron chi connectivity index (χ1n) is 3.50. The standard InChI is InChI=1S/C8H10O3/c1-2-6-3-7(11-5-6)4-8(9)10/h3,5H,2,4H2,1H3,(H,9,10). The first-order chi connectivity index (χ1) is 5.22. The van der Waals surface area contributed by atoms with Gasteiger partial charge in [0.25, 0.3) is 0 Å². The molecule has 0 saturated heterocycles. The van der Waals surface area contributed by atoms with Crippen molar-refractivity contribution in [3.8, 4) is 0 Å². The van der Waals surface area contributed by atoms with Crippen LogP contribution in [0.5, 0.6) is 0 Å². The summed E-state index contributed by atoms with van der Waals surface area (Å²) in [6.07, 6.45) is 2.45. The molecule has 0 saturated carbocycles. The van der Waals surface area contributed by atoms with Crippen molar-refractivity contribution in [1.29, 1.82) is 0 Å². The third kappa shape index (κ3) is 2.11. The average molecular weight is 154 g/mol. The van der Waals surface area contributed by atoms with Crippen LogP contribution in [-0.2, 0) is 17.6 Å². The molecule has 0 aliphatic heterocycles. The van der Waals surface area contributed by atoms with Crippen molar-refractivity contribution < 1.29 is 14.3 Å². The van der Waals surface area contributed by atoms with E-state index in [0.717, 1.165) is 12.0 Å². The van der Waals surface area contributed by atoms with E-state index in [-0.39, 0.29) is 6.42 Å². The molecule has 1 aromatic rings. The summed E-state index contributed by atoms with van der Waals surface area (Å²) in [4.78, 5) is 10.2. The van der Waals surface area contributed by atoms with Gasteiger partial charge in [0.1, 0.15) is 12.2 Å². The lowest BCUT2D eigenvalue weighted by Gasteiger charge is -1.85. The Morgan fingerprint density at radius 2 is 2.45 bits per heavy atom. The fraction of sp³-hybridized carbons (Fsp3) is 0.375. The molecule has 11 heavy (non-hydrogen) atoms. The summed E-state index contributed by atoms with van der Waals surface area (Å²) >= 11 is 0. The Bertz CT molecular complexity index is 250. The molecule has 1 heterocycles. The van der Waals surface area contributed by atoms with E-state index in [2.05, 4.69) is 0 Å². The highest BCUT2D eigenvalue weighted by Gasteiger charge is 2.04. The number of carboxylic acids is 1. The van der Waals surface area contributed by atoms with Crippen LogP contribution < -0.4 is 0 Å². The van der Waals surface area contributed by atoms with Crippen LogP contribution in [0.15, 0.2) is 16.7 Å². The molecule has 1 rings (SSSR count). The van der Waals surface area contributed by atoms with E-state index < -0.39 is 5.97 Å². The summed E-state index contributed by atoms with van der Waals surface area (Å²) in [5.74, 6) is -0.337. The molecule has 0 spiro atoms. The highest BCUT2D eigenvalue weighted by atomic mass is 16.4. The maximum absolute atomic E-state index is 10.2. The maximum atomic E-state index is 10.2. The predicted molar refractivity (Wildman–Crippen MR) is 39.4 cm³/mol. The van der Waals surface area contributed by atoms with Gasteiger partial charge in [-0.15, -0.1) is 0 Å². The summed E-state index contributed by atoms with van der Waals surface area (Å²) in [5.41, 5.74) is 1.04. The van der Waals surface area contributed by atoms with Gasteiger partial charge in [-0.3, -0.25) is 4.79 Å². The third-order valence-electron chi connectivity index (χ3n) is 1.44. The number of carbonyl (C=O) groups is 1. The van der Waals surface area contributed by atoms with E-state index in [1.54, 1.807) is 12.3 Å². The lowest BCUT2D eigenvalue weighted by atomic mass is 10.2. The molecule has 1 aromatic heterocycles. The Morgan fingerprint density at radius 3 is 2.91 bits per heavy atom. The van der Waals surface area contributed by atoms with Crippen LogP contribution in [0.4, 0.5) is 0 Å². The molecule has 0 aliphatic rings. The van der Waals surface area contributed by atoms with Crippen LogP contribution in [0.25, 0.3) is 0 Å². The van der Waals surface area contributed by atoms with Crippen LogP contribution in [0.2, 0.25) is 0 Å². The van der Waals surface area contributed by atoms with Crippen molar-refractivity contribution >= 4 is 5.97 Å². The molecular formula is C8H10O3. The highest BCUT2D eigenvalue weighted by Crippen LogP contribution is 2.08. The Morgan fingerprint density at radius 1 is 1.73 bits per heavy atom. The van der Waals surface area contributed by atoms with Gasteiger partial charge in [0.05, 0.1) is 6.26 Å². The van der Waals surface area contributed by atoms with E-state index in [1.807, 2.05) is 6.92 Å². The molecule has 0 atom stereocenters. The molecule has 1 N–H and O–H groups in total. The topological polar surface area (TPSA) is 50.4 Å². The van der Waals surface area contributed by atoms with Gasteiger partial charge in [-0.2, -0.15) is 0 Å². The zero-order chi connectivity index (χ0) is 8.27. The van der Waals surface area contributed by atoms with Gasteiger partial charge in [0.15, 0.2) is 0 Å². The van der Waals surface area contributed by atoms with Crippen molar-refractivity contribution in [1.82, 2.24) is 0 Å². The minimum absolute atomic E-state index is 0.0278. The normalized spacial score (nSPS) is 9.91. The zero-order valence-corrected chi connectivity index (χ0v) is 6.33. The van der Waals surface area contributed by atoms with Crippen molar-refractivity contribution in [3.63, 3.8) is 0 Å². The fourth-order valence-corrected chi connectivity index (χ4v) is 0.853. The van der Waals surface area contributed by atoms with Crippen LogP contribution >= 0.6 is 0 Å². The molecule has 3 nitrogen and oxygen atoms in total. The van der Waals surface area contributed by atoms with E-state index in [4.69, 9.17) is 9.52 Å². The van der Waals surface area contributed by atoms with Gasteiger partial charge in [-0.25, -0.2) is 0 Å². The molecule has 0 unspecified atom stereocenters. The smallest absolute Gasteiger partial charge is 0.311 e. The molecule has 0 aliphatic carbocycles. The summed E-state index contributed by atoms with van der Waals surface area (Å²) in [6.45, 7) is 2.00. The van der Waals surface area contributed by atoms with Gasteiger partial charge in [-0.1, -0.05) is 6.92 Å². The number of hydrogen-bond acceptors (Lipinski definition) is 2. The molecule has 60 valence electrons. The Hall–Kier alpha value is -1.25. The van der Waals surface area contributed by atoms with Gasteiger partial charge in [-0.05, 0) is 18.1 Å². The van der Waals surface area contributed by atoms with Gasteiger partial charge < -0.3 is 9.52 Å². The third-order valence-corrected chi connectivity index (χ3v) is 1.44. The van der Waals surface area contributed by atoms with E-state index in [1.165, 1.54) is 0 Å². The minimum atomic E-state index is -0.859. The van der Waals surface area contributed by atoms with Crippen molar-refractivity contribution in [2.24, 2.45) is 0 Å². The summed E-state index contributed by atoms with van der Waals surface area (Å²) in [7, 11) is 0. The predicted octanol–water partition coefficient (Wildman–Crippen LogP) is 1.47. The number of carboxylic acid groups (broad SMARTS) is 1. The summed E-state index contributed by atoms with van der Waals surface area (Å²) in [6, 6.07) is 1.77. The molecule has 0 amide bonds. The Kier molecular flexibility index (Phi) is 2.31. The zero-order valence-electron chi connectivity index (χ0n) is 6.33. The van der Waals surface area contributed by atoms with Gasteiger partial charge in [0.2, 0.25) is 0 Å². The monoisotopic (exact) mass is 154 g/mol. The average Bonchev–Trinajstić information content (AvgIpc) is 2.34. The first-order valence-corrected chi connectivity index (χ1v) is 3.50. The van der Waals surface area contributed by atoms with E-state index >= 15 is 0 Å². The molecule has 0 bridgehead atoms. The lowest BCUT2D eigenvalue weighted by molar-refractivity contribution is -0.136. The molecule has 0 aromatic carbocycles. The second-order valence-corrected chi connectivity index (χ2v) is 2.35. The molecular weight excluding hydrogens is 144 g/mol. The van der Waals surface area contributed by atoms with E-state index in [0.29, 0.717) is 5.76 Å². The SMILES string of the molecule is CCc1coc(CC(=O)O)c1. The summed E-state index contributed by atoms with van der Waals surface area (Å²) in [5, 5.41) is 8.39. The maximum Gasteiger partial charge on any atom is 0.311 e. The van der Waals surface area contributed by atoms with Crippen molar-refractivity contribution in [2.45, 2.75) is 19.8 Å². The van der Waals surface area contributed by atoms with Crippen molar-refractivity contribution in [3.05, 3.63) is 23.7 Å². The summed E-state index contributed by atoms with van der Waals surface area (Å²) < 4.78 is 4.99. The number of aliphatic carboxylic acids is 1. The fourth-order valence-electron chi connectivity index (χ4n) is 0.853. The Balaban J connectivity index is 2.65. The number of rotatable bonds is 3. The van der Waals surface area contributed by atoms with Crippen LogP contribution in [0, 0.1) is 0 Å². The minimum Gasteiger partial charge on any atom is -0.481 e. The van der Waals surface area contributed by atoms with Crippen LogP contribution in [-0.4, -0.2) is 11.1 Å². The second kappa shape index (κ2) is 3.23. The largest absolute Gasteiger partial charge is 0.481 e. The number of aryl methyl sites for hydroxylation is 1. The second-order valence-electron chi connectivity index (χ2n) is 2.35. The van der Waals surface area contributed by atoms with Gasteiger partial charge in [0, 0.05) is 0 Å². The van der Waals surface area contributed by atoms with Crippen LogP contribution in [0.3, 0.4) is 0 Å². The van der Waals surface area contributed by atoms with E-state index in [9.17, 15) is 4.79 Å². The lowest BCUT2D eigenvalue weighted by Crippen LogP contribution is -1.97. The molecule has 3 heteroatoms. The van der Waals surface area contributed by atoms with Gasteiger partial charge >= 0.3 is 5.97 Å². The molecule has 0 fully saturated rings. The number of furan rings is 1. The Labute approximate surface area is 64.6 Å². The highest BCUT2D eigenvalue weighted by molar-refractivity contribution is 5.69. The first kappa shape index (κ1) is 7.85. The molecule has 0 radical (unpaired) electrons.